The third-order valence-corrected chi connectivity index (χ3v) is 3.25. The molecule has 3 atom stereocenters. The molecule has 0 aliphatic carbocycles. The Bertz CT molecular complexity index is 128. The number of β-amino-alcohol motifs (C(OH)–C–C–N with tert-alkyl or cyclic N) is 1. The Morgan fingerprint density at radius 1 is 1.42 bits per heavy atom. The summed E-state index contributed by atoms with van der Waals surface area (Å²) in [5.74, 6) is 0. The van der Waals surface area contributed by atoms with Crippen LogP contribution in [0.5, 0.6) is 0 Å². The Labute approximate surface area is 79.3 Å². The molecule has 0 aromatic heterocycles. The van der Waals surface area contributed by atoms with Crippen LogP contribution in [0.1, 0.15) is 20.8 Å². The van der Waals surface area contributed by atoms with E-state index in [4.69, 9.17) is 0 Å². The van der Waals surface area contributed by atoms with E-state index in [1.807, 2.05) is 18.7 Å². The topological polar surface area (TPSA) is 23.5 Å². The molecular weight excluding hydrogens is 170 g/mol. The van der Waals surface area contributed by atoms with E-state index in [0.29, 0.717) is 10.5 Å². The maximum absolute atomic E-state index is 9.23. The lowest BCUT2D eigenvalue weighted by atomic mass is 10.3. The molecule has 1 N–H and O–H groups in total. The van der Waals surface area contributed by atoms with Crippen molar-refractivity contribution in [2.75, 3.05) is 19.6 Å². The van der Waals surface area contributed by atoms with Gasteiger partial charge in [-0.25, -0.2) is 0 Å². The van der Waals surface area contributed by atoms with Gasteiger partial charge in [-0.2, -0.15) is 11.8 Å². The number of aliphatic hydroxyl groups is 1. The first-order valence-corrected chi connectivity index (χ1v) is 5.58. The highest BCUT2D eigenvalue weighted by atomic mass is 32.2. The molecule has 72 valence electrons. The van der Waals surface area contributed by atoms with Gasteiger partial charge < -0.3 is 5.11 Å². The number of rotatable bonds is 2. The Morgan fingerprint density at radius 3 is 2.33 bits per heavy atom. The summed E-state index contributed by atoms with van der Waals surface area (Å²) in [5.41, 5.74) is 0. The smallest absolute Gasteiger partial charge is 0.0639 e. The minimum absolute atomic E-state index is 0.188. The summed E-state index contributed by atoms with van der Waals surface area (Å²) in [7, 11) is 0. The van der Waals surface area contributed by atoms with Crippen molar-refractivity contribution in [3.63, 3.8) is 0 Å². The molecule has 1 aliphatic heterocycles. The number of hydrogen-bond donors (Lipinski definition) is 1. The Morgan fingerprint density at radius 2 is 1.92 bits per heavy atom. The molecule has 0 aromatic carbocycles. The minimum atomic E-state index is -0.188. The average molecular weight is 189 g/mol. The first kappa shape index (κ1) is 10.4. The van der Waals surface area contributed by atoms with Gasteiger partial charge in [0.1, 0.15) is 0 Å². The monoisotopic (exact) mass is 189 g/mol. The molecule has 2 nitrogen and oxygen atoms in total. The van der Waals surface area contributed by atoms with Crippen LogP contribution in [0, 0.1) is 0 Å². The summed E-state index contributed by atoms with van der Waals surface area (Å²) < 4.78 is 0. The van der Waals surface area contributed by atoms with Gasteiger partial charge in [-0.1, -0.05) is 13.8 Å². The maximum Gasteiger partial charge on any atom is 0.0639 e. The maximum atomic E-state index is 9.23. The van der Waals surface area contributed by atoms with Crippen molar-refractivity contribution in [2.24, 2.45) is 0 Å². The molecule has 0 spiro atoms. The van der Waals surface area contributed by atoms with Crippen molar-refractivity contribution < 1.29 is 5.11 Å². The van der Waals surface area contributed by atoms with Gasteiger partial charge in [-0.3, -0.25) is 4.90 Å². The molecule has 12 heavy (non-hydrogen) atoms. The Balaban J connectivity index is 2.34. The predicted molar refractivity (Wildman–Crippen MR) is 54.6 cm³/mol. The van der Waals surface area contributed by atoms with E-state index in [-0.39, 0.29) is 6.10 Å². The van der Waals surface area contributed by atoms with Crippen LogP contribution in [0.2, 0.25) is 0 Å². The molecule has 0 bridgehead atoms. The van der Waals surface area contributed by atoms with E-state index >= 15 is 0 Å². The largest absolute Gasteiger partial charge is 0.392 e. The van der Waals surface area contributed by atoms with Crippen LogP contribution in [0.15, 0.2) is 0 Å². The molecule has 1 aliphatic rings. The first-order valence-electron chi connectivity index (χ1n) is 4.64. The second kappa shape index (κ2) is 4.49. The summed E-state index contributed by atoms with van der Waals surface area (Å²) in [6.45, 7) is 9.46. The highest BCUT2D eigenvalue weighted by Gasteiger charge is 2.22. The molecule has 0 amide bonds. The van der Waals surface area contributed by atoms with Crippen LogP contribution in [0.4, 0.5) is 0 Å². The fourth-order valence-corrected chi connectivity index (χ4v) is 3.19. The SMILES string of the molecule is CC(O)CN1CC(C)SC(C)C1. The summed E-state index contributed by atoms with van der Waals surface area (Å²) in [6, 6.07) is 0. The molecule has 0 radical (unpaired) electrons. The van der Waals surface area contributed by atoms with E-state index in [9.17, 15) is 5.11 Å². The molecule has 0 saturated carbocycles. The van der Waals surface area contributed by atoms with Crippen molar-refractivity contribution in [2.45, 2.75) is 37.4 Å². The first-order chi connectivity index (χ1) is 5.58. The molecule has 1 saturated heterocycles. The van der Waals surface area contributed by atoms with Gasteiger partial charge in [0.2, 0.25) is 0 Å². The summed E-state index contributed by atoms with van der Waals surface area (Å²) in [5, 5.41) is 10.7. The molecule has 0 aromatic rings. The predicted octanol–water partition coefficient (Wildman–Crippen LogP) is 1.19. The van der Waals surface area contributed by atoms with Crippen LogP contribution < -0.4 is 0 Å². The molecular formula is C9H19NOS. The number of hydrogen-bond acceptors (Lipinski definition) is 3. The molecule has 1 rings (SSSR count). The Kier molecular flexibility index (Phi) is 3.87. The van der Waals surface area contributed by atoms with E-state index in [1.54, 1.807) is 0 Å². The van der Waals surface area contributed by atoms with Crippen molar-refractivity contribution in [3.8, 4) is 0 Å². The fraction of sp³-hybridized carbons (Fsp3) is 1.00. The number of aliphatic hydroxyl groups excluding tert-OH is 1. The summed E-state index contributed by atoms with van der Waals surface area (Å²) in [6.07, 6.45) is -0.188. The average Bonchev–Trinajstić information content (AvgIpc) is 1.81. The fourth-order valence-electron chi connectivity index (χ4n) is 1.81. The van der Waals surface area contributed by atoms with E-state index in [1.165, 1.54) is 0 Å². The zero-order valence-electron chi connectivity index (χ0n) is 8.16. The van der Waals surface area contributed by atoms with Crippen LogP contribution in [-0.2, 0) is 0 Å². The zero-order valence-corrected chi connectivity index (χ0v) is 8.97. The van der Waals surface area contributed by atoms with Gasteiger partial charge in [0.15, 0.2) is 0 Å². The van der Waals surface area contributed by atoms with Gasteiger partial charge in [0.25, 0.3) is 0 Å². The lowest BCUT2D eigenvalue weighted by Gasteiger charge is -2.35. The van der Waals surface area contributed by atoms with Gasteiger partial charge in [0, 0.05) is 30.1 Å². The minimum Gasteiger partial charge on any atom is -0.392 e. The van der Waals surface area contributed by atoms with Gasteiger partial charge in [-0.15, -0.1) is 0 Å². The van der Waals surface area contributed by atoms with Crippen molar-refractivity contribution in [1.29, 1.82) is 0 Å². The van der Waals surface area contributed by atoms with Crippen LogP contribution in [0.3, 0.4) is 0 Å². The van der Waals surface area contributed by atoms with E-state index < -0.39 is 0 Å². The highest BCUT2D eigenvalue weighted by molar-refractivity contribution is 8.00. The third kappa shape index (κ3) is 3.33. The Hall–Kier alpha value is 0.270. The highest BCUT2D eigenvalue weighted by Crippen LogP contribution is 2.24. The second-order valence-electron chi connectivity index (χ2n) is 3.82. The van der Waals surface area contributed by atoms with E-state index in [0.717, 1.165) is 19.6 Å². The van der Waals surface area contributed by atoms with Crippen LogP contribution in [0.25, 0.3) is 0 Å². The lowest BCUT2D eigenvalue weighted by molar-refractivity contribution is 0.125. The van der Waals surface area contributed by atoms with Crippen LogP contribution in [-0.4, -0.2) is 46.2 Å². The third-order valence-electron chi connectivity index (χ3n) is 2.02. The van der Waals surface area contributed by atoms with E-state index in [2.05, 4.69) is 18.7 Å². The lowest BCUT2D eigenvalue weighted by Crippen LogP contribution is -2.43. The van der Waals surface area contributed by atoms with Crippen LogP contribution >= 0.6 is 11.8 Å². The molecule has 3 unspecified atom stereocenters. The van der Waals surface area contributed by atoms with Crippen molar-refractivity contribution in [1.82, 2.24) is 4.90 Å². The second-order valence-corrected chi connectivity index (χ2v) is 5.71. The normalized spacial score (nSPS) is 35.0. The van der Waals surface area contributed by atoms with Crippen molar-refractivity contribution in [3.05, 3.63) is 0 Å². The summed E-state index contributed by atoms with van der Waals surface area (Å²) >= 11 is 2.05. The van der Waals surface area contributed by atoms with Gasteiger partial charge in [-0.05, 0) is 6.92 Å². The number of nitrogens with zero attached hydrogens (tertiary/aromatic N) is 1. The number of thioether (sulfide) groups is 1. The quantitative estimate of drug-likeness (QED) is 0.706. The summed E-state index contributed by atoms with van der Waals surface area (Å²) in [4.78, 5) is 2.36. The standard InChI is InChI=1S/C9H19NOS/c1-7(11)4-10-5-8(2)12-9(3)6-10/h7-9,11H,4-6H2,1-3H3. The molecule has 1 heterocycles. The van der Waals surface area contributed by atoms with Gasteiger partial charge in [0.05, 0.1) is 6.10 Å². The molecule has 1 fully saturated rings. The molecule has 3 heteroatoms. The van der Waals surface area contributed by atoms with Crippen molar-refractivity contribution >= 4 is 11.8 Å². The van der Waals surface area contributed by atoms with Gasteiger partial charge >= 0.3 is 0 Å². The zero-order chi connectivity index (χ0) is 9.14.